The van der Waals surface area contributed by atoms with E-state index in [0.717, 1.165) is 51.0 Å². The van der Waals surface area contributed by atoms with Gasteiger partial charge in [0.25, 0.3) is 0 Å². The number of primary sulfonamides is 1. The Morgan fingerprint density at radius 3 is 2.69 bits per heavy atom. The van der Waals surface area contributed by atoms with Gasteiger partial charge in [-0.05, 0) is 47.0 Å². The fourth-order valence-corrected chi connectivity index (χ4v) is 4.33. The summed E-state index contributed by atoms with van der Waals surface area (Å²) in [5.74, 6) is 0. The van der Waals surface area contributed by atoms with Crippen LogP contribution >= 0.6 is 0 Å². The molecule has 1 aliphatic rings. The molecule has 0 fully saturated rings. The number of nitrogens with zero attached hydrogens (tertiary/aromatic N) is 3. The molecule has 6 nitrogen and oxygen atoms in total. The van der Waals surface area contributed by atoms with Crippen molar-refractivity contribution in [2.24, 2.45) is 12.2 Å². The van der Waals surface area contributed by atoms with Gasteiger partial charge in [-0.1, -0.05) is 24.3 Å². The van der Waals surface area contributed by atoms with Gasteiger partial charge in [0.05, 0.1) is 28.0 Å². The molecule has 0 bridgehead atoms. The van der Waals surface area contributed by atoms with Crippen molar-refractivity contribution in [3.63, 3.8) is 0 Å². The Labute approximate surface area is 168 Å². The van der Waals surface area contributed by atoms with E-state index in [2.05, 4.69) is 34.2 Å². The molecule has 29 heavy (non-hydrogen) atoms. The van der Waals surface area contributed by atoms with Gasteiger partial charge in [0.2, 0.25) is 10.0 Å². The van der Waals surface area contributed by atoms with Crippen LogP contribution in [0, 0.1) is 0 Å². The van der Waals surface area contributed by atoms with Gasteiger partial charge in [-0.15, -0.1) is 0 Å². The molecule has 2 aromatic heterocycles. The third kappa shape index (κ3) is 3.04. The molecule has 144 valence electrons. The average Bonchev–Trinajstić information content (AvgIpc) is 3.30. The average molecular weight is 402 g/mol. The summed E-state index contributed by atoms with van der Waals surface area (Å²) in [5, 5.41) is 5.28. The van der Waals surface area contributed by atoms with E-state index in [-0.39, 0.29) is 4.90 Å². The Balaban J connectivity index is 1.60. The standard InChI is InChI=1S/C22H18N4O2S/c1-26-13-25-21-7-5-15(11-22(21)26)18-6-8-20-19(18)10-16(12-24-20)14-3-2-4-17(9-14)29(23,27)28/h2-7,9-13H,8H2,1H3,(H2,23,27,28). The highest BCUT2D eigenvalue weighted by Crippen LogP contribution is 2.35. The number of hydrogen-bond donors (Lipinski definition) is 1. The Morgan fingerprint density at radius 2 is 1.86 bits per heavy atom. The molecule has 2 aromatic carbocycles. The Morgan fingerprint density at radius 1 is 1.00 bits per heavy atom. The zero-order valence-electron chi connectivity index (χ0n) is 15.7. The van der Waals surface area contributed by atoms with Gasteiger partial charge in [0.15, 0.2) is 0 Å². The zero-order chi connectivity index (χ0) is 20.2. The summed E-state index contributed by atoms with van der Waals surface area (Å²) < 4.78 is 25.4. The van der Waals surface area contributed by atoms with E-state index < -0.39 is 10.0 Å². The van der Waals surface area contributed by atoms with Crippen LogP contribution in [0.4, 0.5) is 0 Å². The molecule has 0 saturated heterocycles. The van der Waals surface area contributed by atoms with E-state index >= 15 is 0 Å². The van der Waals surface area contributed by atoms with Gasteiger partial charge in [0, 0.05) is 30.8 Å². The van der Waals surface area contributed by atoms with E-state index in [1.54, 1.807) is 18.3 Å². The summed E-state index contributed by atoms with van der Waals surface area (Å²) in [4.78, 5) is 9.10. The maximum Gasteiger partial charge on any atom is 0.238 e. The number of benzene rings is 2. The van der Waals surface area contributed by atoms with Crippen LogP contribution in [-0.2, 0) is 23.5 Å². The van der Waals surface area contributed by atoms with E-state index in [0.29, 0.717) is 0 Å². The van der Waals surface area contributed by atoms with Crippen molar-refractivity contribution in [1.82, 2.24) is 14.5 Å². The molecular formula is C22H18N4O2S. The second-order valence-electron chi connectivity index (χ2n) is 7.17. The number of rotatable bonds is 3. The largest absolute Gasteiger partial charge is 0.334 e. The smallest absolute Gasteiger partial charge is 0.238 e. The molecule has 0 unspecified atom stereocenters. The maximum atomic E-state index is 11.7. The van der Waals surface area contributed by atoms with Crippen LogP contribution in [-0.4, -0.2) is 23.0 Å². The number of imidazole rings is 1. The third-order valence-electron chi connectivity index (χ3n) is 5.29. The SMILES string of the molecule is Cn1cnc2ccc(C3=CCc4ncc(-c5cccc(S(N)(=O)=O)c5)cc43)cc21. The summed E-state index contributed by atoms with van der Waals surface area (Å²) in [6.45, 7) is 0. The molecule has 4 aromatic rings. The summed E-state index contributed by atoms with van der Waals surface area (Å²) in [6.07, 6.45) is 6.54. The number of pyridine rings is 1. The summed E-state index contributed by atoms with van der Waals surface area (Å²) >= 11 is 0. The van der Waals surface area contributed by atoms with E-state index in [9.17, 15) is 8.42 Å². The predicted octanol–water partition coefficient (Wildman–Crippen LogP) is 3.27. The van der Waals surface area contributed by atoms with Crippen molar-refractivity contribution in [3.8, 4) is 11.1 Å². The molecule has 0 amide bonds. The zero-order valence-corrected chi connectivity index (χ0v) is 16.5. The third-order valence-corrected chi connectivity index (χ3v) is 6.20. The first-order valence-corrected chi connectivity index (χ1v) is 10.7. The van der Waals surface area contributed by atoms with Crippen molar-refractivity contribution >= 4 is 26.6 Å². The Hall–Kier alpha value is -3.29. The molecule has 0 aliphatic heterocycles. The van der Waals surface area contributed by atoms with Crippen molar-refractivity contribution in [1.29, 1.82) is 0 Å². The van der Waals surface area contributed by atoms with Crippen LogP contribution in [0.5, 0.6) is 0 Å². The molecule has 2 heterocycles. The van der Waals surface area contributed by atoms with Gasteiger partial charge in [-0.25, -0.2) is 18.5 Å². The van der Waals surface area contributed by atoms with Crippen LogP contribution in [0.25, 0.3) is 27.7 Å². The van der Waals surface area contributed by atoms with Crippen LogP contribution in [0.2, 0.25) is 0 Å². The minimum atomic E-state index is -3.76. The lowest BCUT2D eigenvalue weighted by molar-refractivity contribution is 0.598. The number of hydrogen-bond acceptors (Lipinski definition) is 4. The second kappa shape index (κ2) is 6.37. The van der Waals surface area contributed by atoms with Crippen molar-refractivity contribution in [2.75, 3.05) is 0 Å². The number of sulfonamides is 1. The van der Waals surface area contributed by atoms with Crippen LogP contribution in [0.15, 0.2) is 72.0 Å². The number of allylic oxidation sites excluding steroid dienone is 1. The lowest BCUT2D eigenvalue weighted by Gasteiger charge is -2.10. The summed E-state index contributed by atoms with van der Waals surface area (Å²) in [5.41, 5.74) is 7.95. The molecule has 1 aliphatic carbocycles. The topological polar surface area (TPSA) is 90.9 Å². The Kier molecular flexibility index (Phi) is 3.90. The molecule has 0 spiro atoms. The molecule has 2 N–H and O–H groups in total. The molecule has 0 saturated carbocycles. The molecular weight excluding hydrogens is 384 g/mol. The monoisotopic (exact) mass is 402 g/mol. The number of aromatic nitrogens is 3. The molecule has 5 rings (SSSR count). The van der Waals surface area contributed by atoms with Crippen LogP contribution < -0.4 is 5.14 Å². The number of nitrogens with two attached hydrogens (primary N) is 1. The van der Waals surface area contributed by atoms with Crippen LogP contribution in [0.3, 0.4) is 0 Å². The van der Waals surface area contributed by atoms with Crippen molar-refractivity contribution in [3.05, 3.63) is 84.0 Å². The second-order valence-corrected chi connectivity index (χ2v) is 8.73. The van der Waals surface area contributed by atoms with Crippen molar-refractivity contribution < 1.29 is 8.42 Å². The molecule has 0 atom stereocenters. The maximum absolute atomic E-state index is 11.7. The van der Waals surface area contributed by atoms with Crippen molar-refractivity contribution in [2.45, 2.75) is 11.3 Å². The summed E-state index contributed by atoms with van der Waals surface area (Å²) in [6, 6.07) is 14.9. The highest BCUT2D eigenvalue weighted by Gasteiger charge is 2.19. The number of fused-ring (bicyclic) bond motifs is 2. The minimum absolute atomic E-state index is 0.0907. The van der Waals surface area contributed by atoms with Gasteiger partial charge < -0.3 is 4.57 Å². The first-order chi connectivity index (χ1) is 13.9. The van der Waals surface area contributed by atoms with Crippen LogP contribution in [0.1, 0.15) is 16.8 Å². The van der Waals surface area contributed by atoms with Gasteiger partial charge in [0.1, 0.15) is 0 Å². The first-order valence-electron chi connectivity index (χ1n) is 9.14. The van der Waals surface area contributed by atoms with Gasteiger partial charge in [-0.3, -0.25) is 4.98 Å². The quantitative estimate of drug-likeness (QED) is 0.569. The number of aryl methyl sites for hydroxylation is 1. The molecule has 0 radical (unpaired) electrons. The minimum Gasteiger partial charge on any atom is -0.334 e. The van der Waals surface area contributed by atoms with E-state index in [4.69, 9.17) is 5.14 Å². The fraction of sp³-hybridized carbons (Fsp3) is 0.0909. The predicted molar refractivity (Wildman–Crippen MR) is 113 cm³/mol. The fourth-order valence-electron chi connectivity index (χ4n) is 3.78. The highest BCUT2D eigenvalue weighted by atomic mass is 32.2. The van der Waals surface area contributed by atoms with Gasteiger partial charge >= 0.3 is 0 Å². The van der Waals surface area contributed by atoms with E-state index in [1.807, 2.05) is 30.1 Å². The lowest BCUT2D eigenvalue weighted by Crippen LogP contribution is -2.11. The Bertz CT molecular complexity index is 1420. The highest BCUT2D eigenvalue weighted by molar-refractivity contribution is 7.89. The summed E-state index contributed by atoms with van der Waals surface area (Å²) in [7, 11) is -1.78. The lowest BCUT2D eigenvalue weighted by atomic mass is 9.97. The van der Waals surface area contributed by atoms with Gasteiger partial charge in [-0.2, -0.15) is 0 Å². The normalized spacial score (nSPS) is 13.5. The molecule has 7 heteroatoms. The van der Waals surface area contributed by atoms with E-state index in [1.165, 1.54) is 6.07 Å². The first kappa shape index (κ1) is 17.8.